The van der Waals surface area contributed by atoms with Crippen LogP contribution in [0.15, 0.2) is 108 Å². The third kappa shape index (κ3) is 7.37. The maximum atomic E-state index is 12.5. The molecule has 37 heavy (non-hydrogen) atoms. The van der Waals surface area contributed by atoms with Crippen LogP contribution in [0, 0.1) is 0 Å². The summed E-state index contributed by atoms with van der Waals surface area (Å²) in [6.45, 7) is 0. The minimum atomic E-state index is -0.439. The van der Waals surface area contributed by atoms with Crippen LogP contribution in [0.25, 0.3) is 0 Å². The summed E-state index contributed by atoms with van der Waals surface area (Å²) < 4.78 is 5.49. The predicted octanol–water partition coefficient (Wildman–Crippen LogP) is 5.50. The summed E-state index contributed by atoms with van der Waals surface area (Å²) in [7, 11) is 0. The highest BCUT2D eigenvalue weighted by atomic mass is 35.5. The molecule has 0 heterocycles. The van der Waals surface area contributed by atoms with Crippen molar-refractivity contribution in [2.45, 2.75) is 6.42 Å². The molecule has 7 nitrogen and oxygen atoms in total. The van der Waals surface area contributed by atoms with Crippen molar-refractivity contribution in [1.29, 1.82) is 0 Å². The Hall–Kier alpha value is -4.75. The van der Waals surface area contributed by atoms with Gasteiger partial charge in [-0.2, -0.15) is 5.10 Å². The summed E-state index contributed by atoms with van der Waals surface area (Å²) in [5, 5.41) is 7.30. The van der Waals surface area contributed by atoms with Gasteiger partial charge in [-0.15, -0.1) is 0 Å². The lowest BCUT2D eigenvalue weighted by Gasteiger charge is -2.08. The van der Waals surface area contributed by atoms with Crippen molar-refractivity contribution >= 4 is 41.3 Å². The first kappa shape index (κ1) is 25.3. The van der Waals surface area contributed by atoms with E-state index >= 15 is 0 Å². The number of amides is 2. The van der Waals surface area contributed by atoms with E-state index in [0.29, 0.717) is 33.1 Å². The van der Waals surface area contributed by atoms with Crippen LogP contribution >= 0.6 is 11.6 Å². The Morgan fingerprint density at radius 2 is 1.38 bits per heavy atom. The van der Waals surface area contributed by atoms with Crippen LogP contribution in [0.5, 0.6) is 5.75 Å². The summed E-state index contributed by atoms with van der Waals surface area (Å²) in [6, 6.07) is 29.1. The van der Waals surface area contributed by atoms with Crippen molar-refractivity contribution < 1.29 is 19.1 Å². The second-order valence-electron chi connectivity index (χ2n) is 7.91. The fraction of sp³-hybridized carbons (Fsp3) is 0.0345. The number of halogens is 1. The number of anilines is 1. The third-order valence-corrected chi connectivity index (χ3v) is 5.47. The minimum absolute atomic E-state index is 0.138. The van der Waals surface area contributed by atoms with E-state index < -0.39 is 11.9 Å². The Morgan fingerprint density at radius 3 is 2.11 bits per heavy atom. The van der Waals surface area contributed by atoms with E-state index in [1.165, 1.54) is 6.21 Å². The van der Waals surface area contributed by atoms with Crippen LogP contribution in [0.3, 0.4) is 0 Å². The van der Waals surface area contributed by atoms with E-state index in [0.717, 1.165) is 5.56 Å². The largest absolute Gasteiger partial charge is 0.426 e. The molecule has 4 aromatic carbocycles. The zero-order valence-electron chi connectivity index (χ0n) is 19.6. The highest BCUT2D eigenvalue weighted by Gasteiger charge is 2.10. The number of para-hydroxylation sites is 1. The molecule has 184 valence electrons. The van der Waals surface area contributed by atoms with E-state index in [2.05, 4.69) is 15.8 Å². The average molecular weight is 512 g/mol. The van der Waals surface area contributed by atoms with Gasteiger partial charge < -0.3 is 10.1 Å². The van der Waals surface area contributed by atoms with Crippen LogP contribution in [-0.4, -0.2) is 24.0 Å². The van der Waals surface area contributed by atoms with Crippen LogP contribution < -0.4 is 15.5 Å². The van der Waals surface area contributed by atoms with Crippen LogP contribution in [0.4, 0.5) is 5.69 Å². The number of hydrazone groups is 1. The van der Waals surface area contributed by atoms with Gasteiger partial charge in [0.25, 0.3) is 11.8 Å². The van der Waals surface area contributed by atoms with Crippen molar-refractivity contribution in [3.63, 3.8) is 0 Å². The SMILES string of the molecule is O=C(Cc1ccccc1)Oc1ccccc1/C=N\NC(=O)c1ccc(NC(=O)c2ccc(Cl)cc2)cc1. The van der Waals surface area contributed by atoms with E-state index in [1.54, 1.807) is 72.8 Å². The summed E-state index contributed by atoms with van der Waals surface area (Å²) in [4.78, 5) is 37.1. The van der Waals surface area contributed by atoms with Crippen molar-refractivity contribution in [3.8, 4) is 5.75 Å². The van der Waals surface area contributed by atoms with Gasteiger partial charge in [0.1, 0.15) is 5.75 Å². The van der Waals surface area contributed by atoms with Gasteiger partial charge in [0, 0.05) is 27.4 Å². The quantitative estimate of drug-likeness (QED) is 0.141. The van der Waals surface area contributed by atoms with Crippen molar-refractivity contribution in [2.75, 3.05) is 5.32 Å². The predicted molar refractivity (Wildman–Crippen MR) is 143 cm³/mol. The summed E-state index contributed by atoms with van der Waals surface area (Å²) in [5.41, 5.74) is 5.18. The highest BCUT2D eigenvalue weighted by molar-refractivity contribution is 6.30. The molecule has 0 bridgehead atoms. The van der Waals surface area contributed by atoms with Gasteiger partial charge in [-0.05, 0) is 66.2 Å². The lowest BCUT2D eigenvalue weighted by molar-refractivity contribution is -0.133. The van der Waals surface area contributed by atoms with E-state index in [1.807, 2.05) is 30.3 Å². The zero-order chi connectivity index (χ0) is 26.0. The van der Waals surface area contributed by atoms with Gasteiger partial charge in [-0.3, -0.25) is 14.4 Å². The summed E-state index contributed by atoms with van der Waals surface area (Å²) in [6.07, 6.45) is 1.54. The average Bonchev–Trinajstić information content (AvgIpc) is 2.91. The second-order valence-corrected chi connectivity index (χ2v) is 8.35. The van der Waals surface area contributed by atoms with Gasteiger partial charge in [0.05, 0.1) is 12.6 Å². The van der Waals surface area contributed by atoms with Crippen molar-refractivity contribution in [2.24, 2.45) is 5.10 Å². The number of nitrogens with one attached hydrogen (secondary N) is 2. The molecule has 4 aromatic rings. The fourth-order valence-corrected chi connectivity index (χ4v) is 3.46. The number of nitrogens with zero attached hydrogens (tertiary/aromatic N) is 1. The topological polar surface area (TPSA) is 96.9 Å². The molecule has 0 atom stereocenters. The van der Waals surface area contributed by atoms with Gasteiger partial charge in [-0.25, -0.2) is 5.43 Å². The van der Waals surface area contributed by atoms with Gasteiger partial charge in [0.15, 0.2) is 0 Å². The minimum Gasteiger partial charge on any atom is -0.426 e. The number of benzene rings is 4. The number of esters is 1. The third-order valence-electron chi connectivity index (χ3n) is 5.22. The molecule has 4 rings (SSSR count). The first-order valence-electron chi connectivity index (χ1n) is 11.3. The molecule has 0 aliphatic heterocycles. The standard InChI is InChI=1S/C29H22ClN3O4/c30-24-14-10-21(11-15-24)28(35)32-25-16-12-22(13-17-25)29(36)33-31-19-23-8-4-5-9-26(23)37-27(34)18-20-6-2-1-3-7-20/h1-17,19H,18H2,(H,32,35)(H,33,36)/b31-19-. The molecule has 2 amide bonds. The smallest absolute Gasteiger partial charge is 0.315 e. The molecule has 8 heteroatoms. The zero-order valence-corrected chi connectivity index (χ0v) is 20.3. The molecule has 0 radical (unpaired) electrons. The molecule has 0 aromatic heterocycles. The van der Waals surface area contributed by atoms with Gasteiger partial charge in [-0.1, -0.05) is 54.1 Å². The molecular weight excluding hydrogens is 490 g/mol. The Kier molecular flexibility index (Phi) is 8.41. The number of carbonyl (C=O) groups excluding carboxylic acids is 3. The lowest BCUT2D eigenvalue weighted by atomic mass is 10.1. The van der Waals surface area contributed by atoms with Crippen molar-refractivity contribution in [3.05, 3.63) is 130 Å². The number of hydrogen-bond acceptors (Lipinski definition) is 5. The molecular formula is C29H22ClN3O4. The molecule has 0 unspecified atom stereocenters. The lowest BCUT2D eigenvalue weighted by Crippen LogP contribution is -2.18. The first-order valence-corrected chi connectivity index (χ1v) is 11.7. The molecule has 0 spiro atoms. The maximum Gasteiger partial charge on any atom is 0.315 e. The molecule has 0 saturated carbocycles. The summed E-state index contributed by atoms with van der Waals surface area (Å²) in [5.74, 6) is -0.798. The fourth-order valence-electron chi connectivity index (χ4n) is 3.34. The van der Waals surface area contributed by atoms with E-state index in [9.17, 15) is 14.4 Å². The molecule has 0 saturated heterocycles. The van der Waals surface area contributed by atoms with E-state index in [4.69, 9.17) is 16.3 Å². The van der Waals surface area contributed by atoms with Crippen LogP contribution in [0.1, 0.15) is 31.8 Å². The molecule has 2 N–H and O–H groups in total. The maximum absolute atomic E-state index is 12.5. The number of rotatable bonds is 8. The molecule has 0 aliphatic carbocycles. The van der Waals surface area contributed by atoms with Crippen LogP contribution in [-0.2, 0) is 11.2 Å². The highest BCUT2D eigenvalue weighted by Crippen LogP contribution is 2.17. The summed E-state index contributed by atoms with van der Waals surface area (Å²) >= 11 is 5.85. The Labute approximate surface area is 218 Å². The number of carbonyl (C=O) groups is 3. The second kappa shape index (κ2) is 12.3. The Morgan fingerprint density at radius 1 is 0.757 bits per heavy atom. The van der Waals surface area contributed by atoms with Crippen molar-refractivity contribution in [1.82, 2.24) is 5.43 Å². The number of ether oxygens (including phenoxy) is 1. The normalized spacial score (nSPS) is 10.6. The van der Waals surface area contributed by atoms with Gasteiger partial charge >= 0.3 is 5.97 Å². The van der Waals surface area contributed by atoms with E-state index in [-0.39, 0.29) is 12.3 Å². The Bertz CT molecular complexity index is 1420. The van der Waals surface area contributed by atoms with Crippen LogP contribution in [0.2, 0.25) is 5.02 Å². The monoisotopic (exact) mass is 511 g/mol. The number of hydrogen-bond donors (Lipinski definition) is 2. The first-order chi connectivity index (χ1) is 18.0. The Balaban J connectivity index is 1.32. The molecule has 0 aliphatic rings. The van der Waals surface area contributed by atoms with Gasteiger partial charge in [0.2, 0.25) is 0 Å². The molecule has 0 fully saturated rings.